The fraction of sp³-hybridized carbons (Fsp3) is 0.579. The summed E-state index contributed by atoms with van der Waals surface area (Å²) in [5.41, 5.74) is 1.12. The van der Waals surface area contributed by atoms with Crippen LogP contribution >= 0.6 is 0 Å². The normalized spacial score (nSPS) is 15.2. The molecule has 1 saturated carbocycles. The summed E-state index contributed by atoms with van der Waals surface area (Å²) >= 11 is 0. The Morgan fingerprint density at radius 2 is 1.74 bits per heavy atom. The van der Waals surface area contributed by atoms with E-state index in [0.717, 1.165) is 32.1 Å². The smallest absolute Gasteiger partial charge is 0.251 e. The molecule has 1 aromatic rings. The fourth-order valence-corrected chi connectivity index (χ4v) is 3.00. The van der Waals surface area contributed by atoms with Crippen molar-refractivity contribution < 1.29 is 9.59 Å². The van der Waals surface area contributed by atoms with Gasteiger partial charge in [-0.15, -0.1) is 0 Å². The average molecular weight is 316 g/mol. The van der Waals surface area contributed by atoms with Crippen molar-refractivity contribution in [1.82, 2.24) is 10.6 Å². The molecule has 0 unspecified atom stereocenters. The molecule has 23 heavy (non-hydrogen) atoms. The summed E-state index contributed by atoms with van der Waals surface area (Å²) in [6.07, 6.45) is 8.99. The Kier molecular flexibility index (Phi) is 7.11. The molecule has 1 aliphatic carbocycles. The summed E-state index contributed by atoms with van der Waals surface area (Å²) in [7, 11) is 0. The highest BCUT2D eigenvalue weighted by atomic mass is 16.2. The SMILES string of the molecule is CCCCCNC(=O)c1cccc(C(=O)NC2CCCCC2)c1. The molecule has 0 aliphatic heterocycles. The topological polar surface area (TPSA) is 58.2 Å². The highest BCUT2D eigenvalue weighted by molar-refractivity contribution is 5.99. The van der Waals surface area contributed by atoms with Gasteiger partial charge in [0.15, 0.2) is 0 Å². The maximum Gasteiger partial charge on any atom is 0.251 e. The average Bonchev–Trinajstić information content (AvgIpc) is 2.59. The third kappa shape index (κ3) is 5.70. The number of nitrogens with one attached hydrogen (secondary N) is 2. The molecule has 0 radical (unpaired) electrons. The van der Waals surface area contributed by atoms with Gasteiger partial charge in [0.2, 0.25) is 0 Å². The monoisotopic (exact) mass is 316 g/mol. The lowest BCUT2D eigenvalue weighted by Gasteiger charge is -2.22. The molecule has 0 saturated heterocycles. The zero-order valence-corrected chi connectivity index (χ0v) is 14.1. The van der Waals surface area contributed by atoms with Gasteiger partial charge in [-0.2, -0.15) is 0 Å². The predicted molar refractivity (Wildman–Crippen MR) is 92.6 cm³/mol. The zero-order chi connectivity index (χ0) is 16.5. The molecule has 2 amide bonds. The van der Waals surface area contributed by atoms with E-state index in [-0.39, 0.29) is 17.9 Å². The third-order valence-electron chi connectivity index (χ3n) is 4.39. The molecule has 0 heterocycles. The minimum Gasteiger partial charge on any atom is -0.352 e. The van der Waals surface area contributed by atoms with Crippen LogP contribution in [0.4, 0.5) is 0 Å². The van der Waals surface area contributed by atoms with Gasteiger partial charge in [-0.05, 0) is 37.5 Å². The molecular weight excluding hydrogens is 288 g/mol. The van der Waals surface area contributed by atoms with E-state index in [9.17, 15) is 9.59 Å². The second-order valence-corrected chi connectivity index (χ2v) is 6.35. The zero-order valence-electron chi connectivity index (χ0n) is 14.1. The summed E-state index contributed by atoms with van der Waals surface area (Å²) in [4.78, 5) is 24.5. The van der Waals surface area contributed by atoms with Crippen LogP contribution in [0.2, 0.25) is 0 Å². The van der Waals surface area contributed by atoms with E-state index in [1.54, 1.807) is 24.3 Å². The Labute approximate surface area is 139 Å². The van der Waals surface area contributed by atoms with Crippen molar-refractivity contribution in [2.45, 2.75) is 64.3 Å². The number of carbonyl (C=O) groups excluding carboxylic acids is 2. The number of carbonyl (C=O) groups is 2. The second kappa shape index (κ2) is 9.33. The first-order chi connectivity index (χ1) is 11.2. The number of rotatable bonds is 7. The fourth-order valence-electron chi connectivity index (χ4n) is 3.00. The van der Waals surface area contributed by atoms with Gasteiger partial charge in [-0.1, -0.05) is 45.1 Å². The van der Waals surface area contributed by atoms with Gasteiger partial charge in [-0.25, -0.2) is 0 Å². The Balaban J connectivity index is 1.90. The van der Waals surface area contributed by atoms with Gasteiger partial charge in [0.1, 0.15) is 0 Å². The molecular formula is C19H28N2O2. The van der Waals surface area contributed by atoms with E-state index in [4.69, 9.17) is 0 Å². The van der Waals surface area contributed by atoms with E-state index in [1.807, 2.05) is 0 Å². The van der Waals surface area contributed by atoms with Crippen molar-refractivity contribution >= 4 is 11.8 Å². The molecule has 4 heteroatoms. The van der Waals surface area contributed by atoms with Crippen LogP contribution in [-0.4, -0.2) is 24.4 Å². The number of hydrogen-bond acceptors (Lipinski definition) is 2. The van der Waals surface area contributed by atoms with Crippen LogP contribution in [0.25, 0.3) is 0 Å². The summed E-state index contributed by atoms with van der Waals surface area (Å²) in [5.74, 6) is -0.175. The first-order valence-corrected chi connectivity index (χ1v) is 8.90. The third-order valence-corrected chi connectivity index (χ3v) is 4.39. The van der Waals surface area contributed by atoms with E-state index in [0.29, 0.717) is 17.7 Å². The van der Waals surface area contributed by atoms with Crippen LogP contribution in [0.5, 0.6) is 0 Å². The van der Waals surface area contributed by atoms with E-state index in [1.165, 1.54) is 19.3 Å². The molecule has 2 rings (SSSR count). The molecule has 0 atom stereocenters. The van der Waals surface area contributed by atoms with Gasteiger partial charge >= 0.3 is 0 Å². The maximum atomic E-state index is 12.3. The standard InChI is InChI=1S/C19H28N2O2/c1-2-3-7-13-20-18(22)15-9-8-10-16(14-15)19(23)21-17-11-5-4-6-12-17/h8-10,14,17H,2-7,11-13H2,1H3,(H,20,22)(H,21,23). The van der Waals surface area contributed by atoms with Crippen molar-refractivity contribution in [3.8, 4) is 0 Å². The molecule has 1 aromatic carbocycles. The van der Waals surface area contributed by atoms with Crippen LogP contribution in [-0.2, 0) is 0 Å². The largest absolute Gasteiger partial charge is 0.352 e. The minimum absolute atomic E-state index is 0.0717. The summed E-state index contributed by atoms with van der Waals surface area (Å²) < 4.78 is 0. The molecule has 0 spiro atoms. The Hall–Kier alpha value is -1.84. The molecule has 0 aromatic heterocycles. The highest BCUT2D eigenvalue weighted by Gasteiger charge is 2.17. The van der Waals surface area contributed by atoms with Crippen LogP contribution in [0, 0.1) is 0 Å². The van der Waals surface area contributed by atoms with Crippen molar-refractivity contribution in [3.63, 3.8) is 0 Å². The van der Waals surface area contributed by atoms with Crippen LogP contribution in [0.1, 0.15) is 79.0 Å². The Bertz CT molecular complexity index is 522. The van der Waals surface area contributed by atoms with Crippen molar-refractivity contribution in [2.24, 2.45) is 0 Å². The number of hydrogen-bond donors (Lipinski definition) is 2. The van der Waals surface area contributed by atoms with Gasteiger partial charge < -0.3 is 10.6 Å². The summed E-state index contributed by atoms with van der Waals surface area (Å²) in [5, 5.41) is 6.00. The Morgan fingerprint density at radius 3 is 2.43 bits per heavy atom. The second-order valence-electron chi connectivity index (χ2n) is 6.35. The van der Waals surface area contributed by atoms with Gasteiger partial charge in [0.25, 0.3) is 11.8 Å². The first kappa shape index (κ1) is 17.5. The lowest BCUT2D eigenvalue weighted by Crippen LogP contribution is -2.36. The number of benzene rings is 1. The molecule has 126 valence electrons. The van der Waals surface area contributed by atoms with Crippen molar-refractivity contribution in [1.29, 1.82) is 0 Å². The number of unbranched alkanes of at least 4 members (excludes halogenated alkanes) is 2. The van der Waals surface area contributed by atoms with Crippen LogP contribution in [0.3, 0.4) is 0 Å². The number of amides is 2. The van der Waals surface area contributed by atoms with Crippen LogP contribution < -0.4 is 10.6 Å². The Morgan fingerprint density at radius 1 is 1.04 bits per heavy atom. The lowest BCUT2D eigenvalue weighted by molar-refractivity contribution is 0.0927. The summed E-state index contributed by atoms with van der Waals surface area (Å²) in [6.45, 7) is 2.82. The van der Waals surface area contributed by atoms with Crippen molar-refractivity contribution in [3.05, 3.63) is 35.4 Å². The molecule has 0 bridgehead atoms. The molecule has 2 N–H and O–H groups in total. The van der Waals surface area contributed by atoms with Gasteiger partial charge in [0, 0.05) is 23.7 Å². The molecule has 1 aliphatic rings. The van der Waals surface area contributed by atoms with E-state index in [2.05, 4.69) is 17.6 Å². The first-order valence-electron chi connectivity index (χ1n) is 8.90. The van der Waals surface area contributed by atoms with Gasteiger partial charge in [0.05, 0.1) is 0 Å². The summed E-state index contributed by atoms with van der Waals surface area (Å²) in [6, 6.07) is 7.27. The molecule has 1 fully saturated rings. The molecule has 4 nitrogen and oxygen atoms in total. The predicted octanol–water partition coefficient (Wildman–Crippen LogP) is 3.67. The van der Waals surface area contributed by atoms with Crippen LogP contribution in [0.15, 0.2) is 24.3 Å². The van der Waals surface area contributed by atoms with Crippen molar-refractivity contribution in [2.75, 3.05) is 6.54 Å². The van der Waals surface area contributed by atoms with E-state index < -0.39 is 0 Å². The van der Waals surface area contributed by atoms with Gasteiger partial charge in [-0.3, -0.25) is 9.59 Å². The minimum atomic E-state index is -0.103. The highest BCUT2D eigenvalue weighted by Crippen LogP contribution is 2.18. The lowest BCUT2D eigenvalue weighted by atomic mass is 9.95. The quantitative estimate of drug-likeness (QED) is 0.754. The maximum absolute atomic E-state index is 12.3. The van der Waals surface area contributed by atoms with E-state index >= 15 is 0 Å².